The molecule has 0 radical (unpaired) electrons. The van der Waals surface area contributed by atoms with Gasteiger partial charge in [0, 0.05) is 28.8 Å². The van der Waals surface area contributed by atoms with E-state index in [1.54, 1.807) is 54.4 Å². The van der Waals surface area contributed by atoms with Gasteiger partial charge in [-0.3, -0.25) is 20.2 Å². The molecule has 1 aromatic carbocycles. The van der Waals surface area contributed by atoms with Gasteiger partial charge in [-0.2, -0.15) is 5.10 Å². The molecule has 150 valence electrons. The number of nitro benzene ring substituents is 1. The Balaban J connectivity index is 1.55. The lowest BCUT2D eigenvalue weighted by molar-refractivity contribution is -0.385. The van der Waals surface area contributed by atoms with Crippen LogP contribution in [0.3, 0.4) is 0 Å². The molecule has 0 unspecified atom stereocenters. The average Bonchev–Trinajstić information content (AvgIpc) is 3.35. The number of thiazole rings is 1. The molecule has 0 spiro atoms. The Kier molecular flexibility index (Phi) is 5.07. The third kappa shape index (κ3) is 3.67. The second kappa shape index (κ2) is 7.84. The van der Waals surface area contributed by atoms with Crippen molar-refractivity contribution in [3.8, 4) is 17.1 Å². The predicted octanol–water partition coefficient (Wildman–Crippen LogP) is 4.17. The van der Waals surface area contributed by atoms with Crippen LogP contribution in [0.1, 0.15) is 21.6 Å². The fraction of sp³-hybridized carbons (Fsp3) is 0.100. The Hall–Kier alpha value is -3.92. The fourth-order valence-corrected chi connectivity index (χ4v) is 3.65. The summed E-state index contributed by atoms with van der Waals surface area (Å²) in [7, 11) is 0. The van der Waals surface area contributed by atoms with Gasteiger partial charge in [0.2, 0.25) is 0 Å². The van der Waals surface area contributed by atoms with Crippen molar-refractivity contribution >= 4 is 28.1 Å². The number of nitro groups is 1. The molecule has 0 fully saturated rings. The van der Waals surface area contributed by atoms with Crippen LogP contribution < -0.4 is 5.32 Å². The summed E-state index contributed by atoms with van der Waals surface area (Å²) in [5.74, 6) is 0.275. The highest BCUT2D eigenvalue weighted by Crippen LogP contribution is 2.29. The van der Waals surface area contributed by atoms with Crippen molar-refractivity contribution in [2.75, 3.05) is 5.32 Å². The molecule has 0 aliphatic heterocycles. The number of hydrogen-bond acceptors (Lipinski definition) is 7. The van der Waals surface area contributed by atoms with E-state index < -0.39 is 4.92 Å². The first-order chi connectivity index (χ1) is 14.4. The third-order valence-electron chi connectivity index (χ3n) is 4.55. The molecule has 0 atom stereocenters. The number of pyridine rings is 1. The molecular formula is C20H16N6O3S. The summed E-state index contributed by atoms with van der Waals surface area (Å²) in [5, 5.41) is 20.3. The number of carbonyl (C=O) groups is 1. The molecule has 0 aliphatic rings. The van der Waals surface area contributed by atoms with Crippen LogP contribution in [0.5, 0.6) is 0 Å². The van der Waals surface area contributed by atoms with Gasteiger partial charge in [-0.1, -0.05) is 18.2 Å². The van der Waals surface area contributed by atoms with Crippen LogP contribution in [0.15, 0.2) is 54.2 Å². The monoisotopic (exact) mass is 420 g/mol. The van der Waals surface area contributed by atoms with Crippen molar-refractivity contribution in [3.63, 3.8) is 0 Å². The van der Waals surface area contributed by atoms with Gasteiger partial charge in [-0.25, -0.2) is 14.6 Å². The summed E-state index contributed by atoms with van der Waals surface area (Å²) >= 11 is 1.24. The van der Waals surface area contributed by atoms with Crippen molar-refractivity contribution in [2.45, 2.75) is 13.8 Å². The topological polar surface area (TPSA) is 116 Å². The molecule has 4 aromatic rings. The maximum absolute atomic E-state index is 12.7. The Morgan fingerprint density at radius 1 is 1.23 bits per heavy atom. The Morgan fingerprint density at radius 3 is 2.80 bits per heavy atom. The van der Waals surface area contributed by atoms with Crippen LogP contribution in [0.25, 0.3) is 17.1 Å². The second-order valence-corrected chi connectivity index (χ2v) is 7.35. The Morgan fingerprint density at radius 2 is 2.07 bits per heavy atom. The quantitative estimate of drug-likeness (QED) is 0.383. The molecule has 0 bridgehead atoms. The van der Waals surface area contributed by atoms with Gasteiger partial charge in [0.05, 0.1) is 28.1 Å². The highest BCUT2D eigenvalue weighted by Gasteiger charge is 2.18. The number of rotatable bonds is 5. The molecule has 0 saturated carbocycles. The first-order valence-corrected chi connectivity index (χ1v) is 9.80. The van der Waals surface area contributed by atoms with Gasteiger partial charge in [0.15, 0.2) is 10.9 Å². The Bertz CT molecular complexity index is 1250. The number of anilines is 1. The minimum absolute atomic E-state index is 0.0312. The maximum atomic E-state index is 12.7. The molecule has 0 saturated heterocycles. The standard InChI is InChI=1S/C20H16N6O3S/c1-12-6-7-14(9-17(12)26(28)29)16-11-30-20(23-16)24-19(27)15-10-22-25(13(15)2)18-5-3-4-8-21-18/h3-11H,1-2H3,(H,23,24,27). The minimum atomic E-state index is -0.421. The zero-order valence-corrected chi connectivity index (χ0v) is 16.9. The number of nitrogens with one attached hydrogen (secondary N) is 1. The van der Waals surface area contributed by atoms with Crippen LogP contribution in [0.2, 0.25) is 0 Å². The zero-order chi connectivity index (χ0) is 21.3. The summed E-state index contributed by atoms with van der Waals surface area (Å²) in [5.41, 5.74) is 2.83. The summed E-state index contributed by atoms with van der Waals surface area (Å²) in [6.45, 7) is 3.47. The van der Waals surface area contributed by atoms with Crippen molar-refractivity contribution in [2.24, 2.45) is 0 Å². The van der Waals surface area contributed by atoms with E-state index in [1.807, 2.05) is 6.07 Å². The number of hydrogen-bond donors (Lipinski definition) is 1. The van der Waals surface area contributed by atoms with Crippen LogP contribution in [-0.4, -0.2) is 30.6 Å². The zero-order valence-electron chi connectivity index (χ0n) is 16.1. The van der Waals surface area contributed by atoms with Gasteiger partial charge in [0.25, 0.3) is 11.6 Å². The van der Waals surface area contributed by atoms with Gasteiger partial charge in [-0.15, -0.1) is 11.3 Å². The highest BCUT2D eigenvalue weighted by atomic mass is 32.1. The normalized spacial score (nSPS) is 10.7. The number of nitrogens with zero attached hydrogens (tertiary/aromatic N) is 5. The van der Waals surface area contributed by atoms with Crippen LogP contribution in [0.4, 0.5) is 10.8 Å². The van der Waals surface area contributed by atoms with E-state index in [0.29, 0.717) is 39.0 Å². The van der Waals surface area contributed by atoms with Crippen LogP contribution in [-0.2, 0) is 0 Å². The first-order valence-electron chi connectivity index (χ1n) is 8.92. The Labute approximate surface area is 175 Å². The van der Waals surface area contributed by atoms with E-state index in [-0.39, 0.29) is 11.6 Å². The molecule has 0 aliphatic carbocycles. The fourth-order valence-electron chi connectivity index (χ4n) is 2.94. The first kappa shape index (κ1) is 19.4. The van der Waals surface area contributed by atoms with Crippen molar-refractivity contribution < 1.29 is 9.72 Å². The molecule has 4 rings (SSSR count). The molecule has 3 heterocycles. The summed E-state index contributed by atoms with van der Waals surface area (Å²) in [6.07, 6.45) is 3.14. The molecule has 1 N–H and O–H groups in total. The van der Waals surface area contributed by atoms with Crippen molar-refractivity contribution in [3.05, 3.63) is 81.1 Å². The number of aromatic nitrogens is 4. The third-order valence-corrected chi connectivity index (χ3v) is 5.30. The lowest BCUT2D eigenvalue weighted by Crippen LogP contribution is -2.13. The predicted molar refractivity (Wildman–Crippen MR) is 113 cm³/mol. The minimum Gasteiger partial charge on any atom is -0.298 e. The second-order valence-electron chi connectivity index (χ2n) is 6.49. The molecule has 9 nitrogen and oxygen atoms in total. The number of aryl methyl sites for hydroxylation is 1. The average molecular weight is 420 g/mol. The summed E-state index contributed by atoms with van der Waals surface area (Å²) in [4.78, 5) is 32.1. The van der Waals surface area contributed by atoms with E-state index in [1.165, 1.54) is 23.6 Å². The van der Waals surface area contributed by atoms with Gasteiger partial charge in [0.1, 0.15) is 0 Å². The van der Waals surface area contributed by atoms with Crippen molar-refractivity contribution in [1.82, 2.24) is 19.7 Å². The summed E-state index contributed by atoms with van der Waals surface area (Å²) < 4.78 is 1.59. The van der Waals surface area contributed by atoms with Gasteiger partial charge in [-0.05, 0) is 26.0 Å². The maximum Gasteiger partial charge on any atom is 0.272 e. The molecule has 30 heavy (non-hydrogen) atoms. The SMILES string of the molecule is Cc1ccc(-c2csc(NC(=O)c3cnn(-c4ccccn4)c3C)n2)cc1[N+](=O)[O-]. The van der Waals surface area contributed by atoms with Crippen LogP contribution in [0, 0.1) is 24.0 Å². The van der Waals surface area contributed by atoms with Gasteiger partial charge >= 0.3 is 0 Å². The largest absolute Gasteiger partial charge is 0.298 e. The van der Waals surface area contributed by atoms with Crippen molar-refractivity contribution in [1.29, 1.82) is 0 Å². The molecule has 10 heteroatoms. The molecular weight excluding hydrogens is 404 g/mol. The number of amides is 1. The number of benzene rings is 1. The van der Waals surface area contributed by atoms with E-state index in [2.05, 4.69) is 20.4 Å². The van der Waals surface area contributed by atoms with E-state index in [0.717, 1.165) is 0 Å². The number of carbonyl (C=O) groups excluding carboxylic acids is 1. The molecule has 1 amide bonds. The van der Waals surface area contributed by atoms with Gasteiger partial charge < -0.3 is 0 Å². The summed E-state index contributed by atoms with van der Waals surface area (Å²) in [6, 6.07) is 10.4. The highest BCUT2D eigenvalue weighted by molar-refractivity contribution is 7.14. The van der Waals surface area contributed by atoms with E-state index in [4.69, 9.17) is 0 Å². The lowest BCUT2D eigenvalue weighted by Gasteiger charge is -2.04. The van der Waals surface area contributed by atoms with E-state index >= 15 is 0 Å². The lowest BCUT2D eigenvalue weighted by atomic mass is 10.1. The smallest absolute Gasteiger partial charge is 0.272 e. The van der Waals surface area contributed by atoms with Crippen LogP contribution >= 0.6 is 11.3 Å². The van der Waals surface area contributed by atoms with E-state index in [9.17, 15) is 14.9 Å². The molecule has 3 aromatic heterocycles.